The fourth-order valence-electron chi connectivity index (χ4n) is 2.65. The number of hydrogen-bond donors (Lipinski definition) is 1. The number of carbonyl (C=O) groups is 1. The maximum Gasteiger partial charge on any atom is 0.303 e. The van der Waals surface area contributed by atoms with Crippen LogP contribution in [0.3, 0.4) is 0 Å². The van der Waals surface area contributed by atoms with Crippen molar-refractivity contribution < 1.29 is 11.3 Å². The minimum Gasteiger partial charge on any atom is -0.481 e. The summed E-state index contributed by atoms with van der Waals surface area (Å²) in [6.07, 6.45) is 20.2. The van der Waals surface area contributed by atoms with Crippen molar-refractivity contribution in [2.75, 3.05) is 0 Å². The molecule has 1 N–H and O–H groups in total. The molecule has 0 atom stereocenters. The highest BCUT2D eigenvalue weighted by Gasteiger charge is 1.97. The van der Waals surface area contributed by atoms with Crippen LogP contribution in [0.4, 0.5) is 0 Å². The third-order valence-electron chi connectivity index (χ3n) is 3.99. The van der Waals surface area contributed by atoms with E-state index in [4.69, 9.17) is 5.11 Å². The molecule has 0 aromatic carbocycles. The average molecular weight is 286 g/mol. The van der Waals surface area contributed by atoms with Crippen molar-refractivity contribution in [3.05, 3.63) is 0 Å². The molecule has 0 bridgehead atoms. The molecular weight excluding hydrogens is 248 g/mol. The Bertz CT molecular complexity index is 207. The number of hydrogen-bond acceptors (Lipinski definition) is 1. The Kier molecular flexibility index (Phi) is 16.1. The minimum atomic E-state index is -0.653. The Morgan fingerprint density at radius 1 is 0.650 bits per heavy atom. The zero-order valence-corrected chi connectivity index (χ0v) is 13.7. The monoisotopic (exact) mass is 286 g/mol. The van der Waals surface area contributed by atoms with Crippen molar-refractivity contribution in [2.45, 2.75) is 110 Å². The molecule has 2 heteroatoms. The van der Waals surface area contributed by atoms with Gasteiger partial charge in [0.05, 0.1) is 0 Å². The van der Waals surface area contributed by atoms with Gasteiger partial charge in [-0.2, -0.15) is 0 Å². The van der Waals surface area contributed by atoms with Crippen LogP contribution in [0.1, 0.15) is 111 Å². The van der Waals surface area contributed by atoms with Crippen molar-refractivity contribution in [2.24, 2.45) is 0 Å². The van der Waals surface area contributed by atoms with Crippen LogP contribution in [0.15, 0.2) is 0 Å². The summed E-state index contributed by atoms with van der Waals surface area (Å²) in [5, 5.41) is 8.52. The minimum absolute atomic E-state index is 0. The van der Waals surface area contributed by atoms with Gasteiger partial charge < -0.3 is 5.11 Å². The quantitative estimate of drug-likeness (QED) is 0.325. The van der Waals surface area contributed by atoms with E-state index in [0.717, 1.165) is 12.8 Å². The van der Waals surface area contributed by atoms with Crippen molar-refractivity contribution in [1.29, 1.82) is 0 Å². The van der Waals surface area contributed by atoms with Gasteiger partial charge in [0.25, 0.3) is 0 Å². The number of aliphatic carboxylic acids is 1. The number of rotatable bonds is 16. The first kappa shape index (κ1) is 19.5. The van der Waals surface area contributed by atoms with Crippen LogP contribution in [0.25, 0.3) is 0 Å². The molecule has 0 unspecified atom stereocenters. The van der Waals surface area contributed by atoms with Gasteiger partial charge in [-0.1, -0.05) is 96.8 Å². The Hall–Kier alpha value is -0.530. The molecule has 0 amide bonds. The summed E-state index contributed by atoms with van der Waals surface area (Å²) in [5.74, 6) is -0.653. The highest BCUT2D eigenvalue weighted by atomic mass is 16.4. The van der Waals surface area contributed by atoms with Gasteiger partial charge in [0.15, 0.2) is 0 Å². The molecular formula is C18H38O2. The van der Waals surface area contributed by atoms with Gasteiger partial charge in [-0.15, -0.1) is 0 Å². The van der Waals surface area contributed by atoms with E-state index in [1.54, 1.807) is 0 Å². The molecule has 122 valence electrons. The predicted octanol–water partition coefficient (Wildman–Crippen LogP) is 6.58. The molecule has 20 heavy (non-hydrogen) atoms. The van der Waals surface area contributed by atoms with Gasteiger partial charge in [-0.05, 0) is 6.42 Å². The van der Waals surface area contributed by atoms with Crippen LogP contribution in [0.2, 0.25) is 0 Å². The summed E-state index contributed by atoms with van der Waals surface area (Å²) in [7, 11) is 0. The van der Waals surface area contributed by atoms with Crippen LogP contribution >= 0.6 is 0 Å². The third kappa shape index (κ3) is 17.5. The van der Waals surface area contributed by atoms with E-state index in [9.17, 15) is 4.79 Å². The van der Waals surface area contributed by atoms with Gasteiger partial charge >= 0.3 is 5.97 Å². The smallest absolute Gasteiger partial charge is 0.303 e. The first-order valence-corrected chi connectivity index (χ1v) is 8.99. The molecule has 0 saturated heterocycles. The molecule has 0 aromatic rings. The number of carboxylic acid groups (broad SMARTS) is 1. The SMILES string of the molecule is CCCCCCCCCCCCCCCCCC(=O)O.[HH]. The van der Waals surface area contributed by atoms with E-state index in [1.807, 2.05) is 0 Å². The maximum absolute atomic E-state index is 10.3. The van der Waals surface area contributed by atoms with Crippen LogP contribution in [0.5, 0.6) is 0 Å². The first-order valence-electron chi connectivity index (χ1n) is 8.99. The molecule has 0 aliphatic rings. The topological polar surface area (TPSA) is 37.3 Å². The third-order valence-corrected chi connectivity index (χ3v) is 3.99. The van der Waals surface area contributed by atoms with E-state index >= 15 is 0 Å². The van der Waals surface area contributed by atoms with E-state index < -0.39 is 5.97 Å². The van der Waals surface area contributed by atoms with Crippen molar-refractivity contribution >= 4 is 5.97 Å². The van der Waals surface area contributed by atoms with E-state index in [2.05, 4.69) is 6.92 Å². The van der Waals surface area contributed by atoms with Crippen LogP contribution in [0, 0.1) is 0 Å². The fraction of sp³-hybridized carbons (Fsp3) is 0.944. The first-order chi connectivity index (χ1) is 9.77. The zero-order valence-electron chi connectivity index (χ0n) is 13.7. The van der Waals surface area contributed by atoms with E-state index in [-0.39, 0.29) is 1.43 Å². The lowest BCUT2D eigenvalue weighted by molar-refractivity contribution is -0.137. The van der Waals surface area contributed by atoms with Gasteiger partial charge in [-0.25, -0.2) is 0 Å². The standard InChI is InChI=1S/C18H36O2.H2/c1-2-3-4-5-6-7-8-9-10-11-12-13-14-15-16-17-18(19)20;/h2-17H2,1H3,(H,19,20);1H. The molecule has 0 spiro atoms. The van der Waals surface area contributed by atoms with E-state index in [0.29, 0.717) is 6.42 Å². The second kappa shape index (κ2) is 16.5. The lowest BCUT2D eigenvalue weighted by Crippen LogP contribution is -1.93. The molecule has 0 radical (unpaired) electrons. The molecule has 0 aliphatic heterocycles. The molecule has 2 nitrogen and oxygen atoms in total. The van der Waals surface area contributed by atoms with Crippen molar-refractivity contribution in [3.63, 3.8) is 0 Å². The molecule has 0 heterocycles. The maximum atomic E-state index is 10.3. The lowest BCUT2D eigenvalue weighted by atomic mass is 10.0. The summed E-state index contributed by atoms with van der Waals surface area (Å²) >= 11 is 0. The van der Waals surface area contributed by atoms with Gasteiger partial charge in [0.1, 0.15) is 0 Å². The van der Waals surface area contributed by atoms with Crippen molar-refractivity contribution in [1.82, 2.24) is 0 Å². The molecule has 0 aromatic heterocycles. The highest BCUT2D eigenvalue weighted by molar-refractivity contribution is 5.66. The predicted molar refractivity (Wildman–Crippen MR) is 89.3 cm³/mol. The molecule has 0 rings (SSSR count). The van der Waals surface area contributed by atoms with Crippen LogP contribution < -0.4 is 0 Å². The molecule has 0 aliphatic carbocycles. The molecule has 0 saturated carbocycles. The average Bonchev–Trinajstić information content (AvgIpc) is 2.43. The fourth-order valence-corrected chi connectivity index (χ4v) is 2.65. The second-order valence-electron chi connectivity index (χ2n) is 6.09. The Morgan fingerprint density at radius 3 is 1.25 bits per heavy atom. The summed E-state index contributed by atoms with van der Waals surface area (Å²) < 4.78 is 0. The second-order valence-corrected chi connectivity index (χ2v) is 6.09. The Balaban J connectivity index is 0. The Labute approximate surface area is 127 Å². The summed E-state index contributed by atoms with van der Waals surface area (Å²) in [4.78, 5) is 10.3. The van der Waals surface area contributed by atoms with E-state index in [1.165, 1.54) is 83.5 Å². The number of unbranched alkanes of at least 4 members (excludes halogenated alkanes) is 14. The lowest BCUT2D eigenvalue weighted by Gasteiger charge is -2.03. The number of carboxylic acids is 1. The normalized spacial score (nSPS) is 10.8. The van der Waals surface area contributed by atoms with Gasteiger partial charge in [0.2, 0.25) is 0 Å². The van der Waals surface area contributed by atoms with Crippen LogP contribution in [-0.4, -0.2) is 11.1 Å². The van der Waals surface area contributed by atoms with Crippen molar-refractivity contribution in [3.8, 4) is 0 Å². The summed E-state index contributed by atoms with van der Waals surface area (Å²) in [6, 6.07) is 0. The van der Waals surface area contributed by atoms with Gasteiger partial charge in [0, 0.05) is 7.85 Å². The van der Waals surface area contributed by atoms with Crippen LogP contribution in [-0.2, 0) is 4.79 Å². The largest absolute Gasteiger partial charge is 0.481 e. The molecule has 0 fully saturated rings. The zero-order chi connectivity index (χ0) is 14.9. The summed E-state index contributed by atoms with van der Waals surface area (Å²) in [6.45, 7) is 2.27. The summed E-state index contributed by atoms with van der Waals surface area (Å²) in [5.41, 5.74) is 0. The van der Waals surface area contributed by atoms with Gasteiger partial charge in [-0.3, -0.25) is 4.79 Å². The Morgan fingerprint density at radius 2 is 0.950 bits per heavy atom. The highest BCUT2D eigenvalue weighted by Crippen LogP contribution is 2.13.